The van der Waals surface area contributed by atoms with E-state index in [2.05, 4.69) is 39.6 Å². The van der Waals surface area contributed by atoms with Gasteiger partial charge in [-0.15, -0.1) is 0 Å². The molecule has 1 aliphatic heterocycles. The Balaban J connectivity index is 1.94. The third-order valence-electron chi connectivity index (χ3n) is 4.62. The molecule has 0 spiro atoms. The maximum absolute atomic E-state index is 11.6. The lowest BCUT2D eigenvalue weighted by Crippen LogP contribution is -2.40. The number of nitrogens with one attached hydrogen (secondary N) is 2. The predicted octanol–water partition coefficient (Wildman–Crippen LogP) is 2.74. The maximum atomic E-state index is 11.6. The lowest BCUT2D eigenvalue weighted by molar-refractivity contribution is 0.280. The highest BCUT2D eigenvalue weighted by Gasteiger charge is 2.24. The van der Waals surface area contributed by atoms with Gasteiger partial charge in [-0.2, -0.15) is 0 Å². The number of hydrogen-bond donors (Lipinski definition) is 2. The van der Waals surface area contributed by atoms with Gasteiger partial charge in [-0.1, -0.05) is 34.1 Å². The molecule has 26 heavy (non-hydrogen) atoms. The van der Waals surface area contributed by atoms with Gasteiger partial charge in [-0.25, -0.2) is 12.7 Å². The van der Waals surface area contributed by atoms with Crippen molar-refractivity contribution in [3.63, 3.8) is 0 Å². The zero-order chi connectivity index (χ0) is 19.2. The molecular formula is C18H29BrN4O2S. The summed E-state index contributed by atoms with van der Waals surface area (Å²) in [6.07, 6.45) is 2.99. The van der Waals surface area contributed by atoms with E-state index in [9.17, 15) is 8.42 Å². The molecule has 6 nitrogen and oxygen atoms in total. The van der Waals surface area contributed by atoms with Gasteiger partial charge in [0.2, 0.25) is 10.0 Å². The Bertz CT molecular complexity index is 716. The molecule has 146 valence electrons. The molecule has 1 saturated heterocycles. The highest BCUT2D eigenvalue weighted by atomic mass is 79.9. The van der Waals surface area contributed by atoms with Crippen LogP contribution in [0, 0.1) is 5.92 Å². The molecule has 0 bridgehead atoms. The van der Waals surface area contributed by atoms with Crippen LogP contribution in [0.1, 0.15) is 38.3 Å². The van der Waals surface area contributed by atoms with Crippen LogP contribution < -0.4 is 10.6 Å². The average Bonchev–Trinajstić information content (AvgIpc) is 2.60. The molecule has 0 aliphatic carbocycles. The van der Waals surface area contributed by atoms with Crippen LogP contribution in [0.5, 0.6) is 0 Å². The molecule has 0 aromatic heterocycles. The largest absolute Gasteiger partial charge is 0.357 e. The van der Waals surface area contributed by atoms with Crippen molar-refractivity contribution in [1.82, 2.24) is 14.9 Å². The monoisotopic (exact) mass is 444 g/mol. The molecule has 1 aliphatic rings. The summed E-state index contributed by atoms with van der Waals surface area (Å²) in [5, 5.41) is 6.74. The fourth-order valence-electron chi connectivity index (χ4n) is 3.07. The number of rotatable bonds is 6. The lowest BCUT2D eigenvalue weighted by Gasteiger charge is -2.29. The van der Waals surface area contributed by atoms with E-state index >= 15 is 0 Å². The van der Waals surface area contributed by atoms with Crippen molar-refractivity contribution in [2.75, 3.05) is 32.4 Å². The van der Waals surface area contributed by atoms with Crippen LogP contribution in [0.15, 0.2) is 33.7 Å². The molecule has 1 aromatic rings. The number of guanidine groups is 1. The number of nitrogens with zero attached hydrogens (tertiary/aromatic N) is 2. The second-order valence-corrected chi connectivity index (χ2v) is 9.55. The second kappa shape index (κ2) is 9.71. The van der Waals surface area contributed by atoms with Gasteiger partial charge in [-0.05, 0) is 44.2 Å². The zero-order valence-corrected chi connectivity index (χ0v) is 18.1. The maximum Gasteiger partial charge on any atom is 0.211 e. The van der Waals surface area contributed by atoms with Gasteiger partial charge in [0.1, 0.15) is 0 Å². The summed E-state index contributed by atoms with van der Waals surface area (Å²) in [6, 6.07) is 8.27. The summed E-state index contributed by atoms with van der Waals surface area (Å²) in [4.78, 5) is 4.73. The Hall–Kier alpha value is -1.12. The van der Waals surface area contributed by atoms with E-state index in [1.54, 1.807) is 4.31 Å². The van der Waals surface area contributed by atoms with E-state index in [0.29, 0.717) is 25.6 Å². The van der Waals surface area contributed by atoms with Gasteiger partial charge in [0.15, 0.2) is 5.96 Å². The van der Waals surface area contributed by atoms with Gasteiger partial charge in [0.05, 0.1) is 12.3 Å². The van der Waals surface area contributed by atoms with Crippen LogP contribution in [-0.4, -0.2) is 51.1 Å². The molecule has 8 heteroatoms. The van der Waals surface area contributed by atoms with Gasteiger partial charge >= 0.3 is 0 Å². The van der Waals surface area contributed by atoms with E-state index in [-0.39, 0.29) is 6.04 Å². The van der Waals surface area contributed by atoms with Crippen molar-refractivity contribution in [1.29, 1.82) is 0 Å². The Labute approximate surface area is 165 Å². The number of hydrogen-bond acceptors (Lipinski definition) is 3. The first kappa shape index (κ1) is 21.2. The Morgan fingerprint density at radius 3 is 2.58 bits per heavy atom. The molecule has 1 fully saturated rings. The van der Waals surface area contributed by atoms with Crippen molar-refractivity contribution in [3.8, 4) is 0 Å². The molecular weight excluding hydrogens is 416 g/mol. The fraction of sp³-hybridized carbons (Fsp3) is 0.611. The molecule has 2 rings (SSSR count). The fourth-order valence-corrected chi connectivity index (χ4v) is 4.58. The summed E-state index contributed by atoms with van der Waals surface area (Å²) in [5.74, 6) is 1.21. The highest BCUT2D eigenvalue weighted by Crippen LogP contribution is 2.23. The third kappa shape index (κ3) is 6.25. The summed E-state index contributed by atoms with van der Waals surface area (Å²) in [7, 11) is -3.07. The topological polar surface area (TPSA) is 73.8 Å². The number of piperidine rings is 1. The molecule has 1 unspecified atom stereocenters. The predicted molar refractivity (Wildman–Crippen MR) is 111 cm³/mol. The average molecular weight is 445 g/mol. The van der Waals surface area contributed by atoms with E-state index in [4.69, 9.17) is 4.99 Å². The zero-order valence-electron chi connectivity index (χ0n) is 15.7. The van der Waals surface area contributed by atoms with Crippen molar-refractivity contribution in [2.45, 2.75) is 32.7 Å². The van der Waals surface area contributed by atoms with Crippen LogP contribution >= 0.6 is 15.9 Å². The second-order valence-electron chi connectivity index (χ2n) is 6.71. The van der Waals surface area contributed by atoms with E-state index in [1.807, 2.05) is 25.1 Å². The van der Waals surface area contributed by atoms with Crippen LogP contribution in [-0.2, 0) is 10.0 Å². The lowest BCUT2D eigenvalue weighted by atomic mass is 9.98. The number of aliphatic imine (C=N–C) groups is 1. The number of halogens is 1. The normalized spacial score (nSPS) is 18.5. The smallest absolute Gasteiger partial charge is 0.211 e. The Morgan fingerprint density at radius 1 is 1.35 bits per heavy atom. The van der Waals surface area contributed by atoms with Gasteiger partial charge < -0.3 is 10.6 Å². The van der Waals surface area contributed by atoms with Crippen LogP contribution in [0.2, 0.25) is 0 Å². The first-order valence-electron chi connectivity index (χ1n) is 9.05. The van der Waals surface area contributed by atoms with Crippen LogP contribution in [0.25, 0.3) is 0 Å². The standard InChI is InChI=1S/C18H29BrN4O2S/c1-4-20-18(22-14(2)16-7-5-6-8-17(16)19)21-13-15-9-11-23(12-10-15)26(3,24)25/h5-8,14-15H,4,9-13H2,1-3H3,(H2,20,21,22). The Kier molecular flexibility index (Phi) is 7.91. The quantitative estimate of drug-likeness (QED) is 0.522. The van der Waals surface area contributed by atoms with Gasteiger partial charge in [-0.3, -0.25) is 4.99 Å². The molecule has 1 atom stereocenters. The summed E-state index contributed by atoms with van der Waals surface area (Å²) >= 11 is 3.59. The first-order chi connectivity index (χ1) is 12.3. The van der Waals surface area contributed by atoms with E-state index in [1.165, 1.54) is 11.8 Å². The van der Waals surface area contributed by atoms with Crippen molar-refractivity contribution >= 4 is 31.9 Å². The number of sulfonamides is 1. The van der Waals surface area contributed by atoms with Crippen molar-refractivity contribution in [3.05, 3.63) is 34.3 Å². The third-order valence-corrected chi connectivity index (χ3v) is 6.64. The van der Waals surface area contributed by atoms with Gasteiger partial charge in [0, 0.05) is 30.7 Å². The van der Waals surface area contributed by atoms with Crippen LogP contribution in [0.3, 0.4) is 0 Å². The summed E-state index contributed by atoms with van der Waals surface area (Å²) in [6.45, 7) is 6.84. The molecule has 0 radical (unpaired) electrons. The SMILES string of the molecule is CCNC(=NCC1CCN(S(C)(=O)=O)CC1)NC(C)c1ccccc1Br. The van der Waals surface area contributed by atoms with E-state index < -0.39 is 10.0 Å². The Morgan fingerprint density at radius 2 is 2.00 bits per heavy atom. The van der Waals surface area contributed by atoms with E-state index in [0.717, 1.165) is 29.8 Å². The molecule has 2 N–H and O–H groups in total. The number of benzene rings is 1. The molecule has 0 saturated carbocycles. The minimum absolute atomic E-state index is 0.121. The first-order valence-corrected chi connectivity index (χ1v) is 11.7. The minimum Gasteiger partial charge on any atom is -0.357 e. The van der Waals surface area contributed by atoms with Crippen LogP contribution in [0.4, 0.5) is 0 Å². The highest BCUT2D eigenvalue weighted by molar-refractivity contribution is 9.10. The molecule has 1 heterocycles. The summed E-state index contributed by atoms with van der Waals surface area (Å²) in [5.41, 5.74) is 1.18. The molecule has 1 aromatic carbocycles. The summed E-state index contributed by atoms with van der Waals surface area (Å²) < 4.78 is 25.8. The van der Waals surface area contributed by atoms with Gasteiger partial charge in [0.25, 0.3) is 0 Å². The van der Waals surface area contributed by atoms with Crippen molar-refractivity contribution < 1.29 is 8.42 Å². The van der Waals surface area contributed by atoms with Crippen molar-refractivity contribution in [2.24, 2.45) is 10.9 Å². The molecule has 0 amide bonds. The minimum atomic E-state index is -3.07.